The van der Waals surface area contributed by atoms with E-state index in [4.69, 9.17) is 4.74 Å². The second-order valence-corrected chi connectivity index (χ2v) is 4.37. The summed E-state index contributed by atoms with van der Waals surface area (Å²) in [6.45, 7) is 3.20. The average Bonchev–Trinajstić information content (AvgIpc) is 2.47. The third kappa shape index (κ3) is 2.68. The Morgan fingerprint density at radius 3 is 2.69 bits per heavy atom. The number of ether oxygens (including phenoxy) is 1. The third-order valence-electron chi connectivity index (χ3n) is 3.35. The lowest BCUT2D eigenvalue weighted by molar-refractivity contribution is 0.0125. The molecule has 0 aromatic rings. The van der Waals surface area contributed by atoms with Crippen molar-refractivity contribution in [2.75, 3.05) is 19.7 Å². The maximum absolute atomic E-state index is 5.88. The Morgan fingerprint density at radius 1 is 1.00 bits per heavy atom. The molecule has 1 unspecified atom stereocenters. The lowest BCUT2D eigenvalue weighted by atomic mass is 9.85. The van der Waals surface area contributed by atoms with Gasteiger partial charge in [0.05, 0.1) is 6.10 Å². The van der Waals surface area contributed by atoms with Gasteiger partial charge in [-0.2, -0.15) is 0 Å². The summed E-state index contributed by atoms with van der Waals surface area (Å²) < 4.78 is 5.88. The summed E-state index contributed by atoms with van der Waals surface area (Å²) in [6, 6.07) is 0. The molecule has 1 atom stereocenters. The second-order valence-electron chi connectivity index (χ2n) is 4.37. The van der Waals surface area contributed by atoms with E-state index in [9.17, 15) is 0 Å². The minimum Gasteiger partial charge on any atom is -0.377 e. The molecule has 0 spiro atoms. The number of hydrogen-bond donors (Lipinski definition) is 1. The Labute approximate surface area is 81.0 Å². The number of hydrogen-bond acceptors (Lipinski definition) is 2. The largest absolute Gasteiger partial charge is 0.377 e. The lowest BCUT2D eigenvalue weighted by Gasteiger charge is -2.29. The number of rotatable bonds is 1. The van der Waals surface area contributed by atoms with Crippen LogP contribution in [-0.4, -0.2) is 25.8 Å². The van der Waals surface area contributed by atoms with Gasteiger partial charge in [-0.3, -0.25) is 0 Å². The Hall–Kier alpha value is -0.0800. The van der Waals surface area contributed by atoms with Crippen molar-refractivity contribution in [3.05, 3.63) is 0 Å². The first-order valence-corrected chi connectivity index (χ1v) is 5.79. The van der Waals surface area contributed by atoms with E-state index < -0.39 is 0 Å². The average molecular weight is 183 g/mol. The van der Waals surface area contributed by atoms with Gasteiger partial charge in [0.1, 0.15) is 0 Å². The van der Waals surface area contributed by atoms with Crippen LogP contribution in [0.5, 0.6) is 0 Å². The highest BCUT2D eigenvalue weighted by Crippen LogP contribution is 2.28. The first-order valence-electron chi connectivity index (χ1n) is 5.79. The highest BCUT2D eigenvalue weighted by molar-refractivity contribution is 4.77. The van der Waals surface area contributed by atoms with Gasteiger partial charge in [0.2, 0.25) is 0 Å². The second kappa shape index (κ2) is 4.97. The monoisotopic (exact) mass is 183 g/mol. The fourth-order valence-electron chi connectivity index (χ4n) is 2.54. The van der Waals surface area contributed by atoms with Crippen molar-refractivity contribution in [3.63, 3.8) is 0 Å². The fraction of sp³-hybridized carbons (Fsp3) is 1.00. The first-order chi connectivity index (χ1) is 6.47. The van der Waals surface area contributed by atoms with Crippen molar-refractivity contribution in [1.29, 1.82) is 0 Å². The normalized spacial score (nSPS) is 32.8. The minimum atomic E-state index is 0.516. The molecule has 0 radical (unpaired) electrons. The van der Waals surface area contributed by atoms with Crippen LogP contribution in [0.4, 0.5) is 0 Å². The van der Waals surface area contributed by atoms with E-state index in [1.807, 2.05) is 0 Å². The molecule has 2 nitrogen and oxygen atoms in total. The van der Waals surface area contributed by atoms with E-state index in [1.54, 1.807) is 0 Å². The molecule has 1 aliphatic heterocycles. The molecular formula is C11H21NO. The van der Waals surface area contributed by atoms with Gasteiger partial charge in [-0.05, 0) is 31.7 Å². The molecule has 1 saturated carbocycles. The zero-order valence-electron chi connectivity index (χ0n) is 8.43. The topological polar surface area (TPSA) is 21.3 Å². The van der Waals surface area contributed by atoms with Gasteiger partial charge >= 0.3 is 0 Å². The summed E-state index contributed by atoms with van der Waals surface area (Å²) in [7, 11) is 0. The van der Waals surface area contributed by atoms with Crippen LogP contribution in [0, 0.1) is 5.92 Å². The molecular weight excluding hydrogens is 162 g/mol. The molecule has 1 heterocycles. The van der Waals surface area contributed by atoms with Gasteiger partial charge in [0, 0.05) is 13.2 Å². The molecule has 2 aliphatic rings. The van der Waals surface area contributed by atoms with Gasteiger partial charge in [-0.25, -0.2) is 0 Å². The van der Waals surface area contributed by atoms with Crippen LogP contribution in [0.1, 0.15) is 38.5 Å². The molecule has 76 valence electrons. The summed E-state index contributed by atoms with van der Waals surface area (Å²) in [5.41, 5.74) is 0. The summed E-state index contributed by atoms with van der Waals surface area (Å²) >= 11 is 0. The van der Waals surface area contributed by atoms with Gasteiger partial charge in [0.25, 0.3) is 0 Å². The van der Waals surface area contributed by atoms with Crippen LogP contribution in [0.3, 0.4) is 0 Å². The third-order valence-corrected chi connectivity index (χ3v) is 3.35. The zero-order valence-corrected chi connectivity index (χ0v) is 8.43. The first kappa shape index (κ1) is 9.47. The summed E-state index contributed by atoms with van der Waals surface area (Å²) in [5.74, 6) is 0.847. The highest BCUT2D eigenvalue weighted by atomic mass is 16.5. The molecule has 13 heavy (non-hydrogen) atoms. The SMILES string of the molecule is C1CCC(C2CNCCCO2)CC1. The lowest BCUT2D eigenvalue weighted by Crippen LogP contribution is -2.34. The van der Waals surface area contributed by atoms with E-state index in [1.165, 1.54) is 38.5 Å². The summed E-state index contributed by atoms with van der Waals surface area (Å²) in [5, 5.41) is 3.47. The fourth-order valence-corrected chi connectivity index (χ4v) is 2.54. The van der Waals surface area contributed by atoms with Crippen LogP contribution in [0.2, 0.25) is 0 Å². The molecule has 1 N–H and O–H groups in total. The standard InChI is InChI=1S/C11H21NO/c1-2-5-10(6-3-1)11-9-12-7-4-8-13-11/h10-12H,1-9H2. The van der Waals surface area contributed by atoms with E-state index in [0.29, 0.717) is 6.10 Å². The molecule has 0 bridgehead atoms. The number of nitrogens with one attached hydrogen (secondary N) is 1. The van der Waals surface area contributed by atoms with Crippen molar-refractivity contribution < 1.29 is 4.74 Å². The van der Waals surface area contributed by atoms with Crippen molar-refractivity contribution in [2.24, 2.45) is 5.92 Å². The summed E-state index contributed by atoms with van der Waals surface area (Å²) in [6.07, 6.45) is 8.77. The molecule has 0 aromatic carbocycles. The molecule has 2 rings (SSSR count). The predicted octanol–water partition coefficient (Wildman–Crippen LogP) is 1.95. The van der Waals surface area contributed by atoms with Crippen molar-refractivity contribution in [2.45, 2.75) is 44.6 Å². The molecule has 1 aliphatic carbocycles. The minimum absolute atomic E-state index is 0.516. The molecule has 0 aromatic heterocycles. The molecule has 1 saturated heterocycles. The van der Waals surface area contributed by atoms with Crippen LogP contribution < -0.4 is 5.32 Å². The van der Waals surface area contributed by atoms with E-state index in [-0.39, 0.29) is 0 Å². The maximum Gasteiger partial charge on any atom is 0.0727 e. The van der Waals surface area contributed by atoms with Gasteiger partial charge in [-0.15, -0.1) is 0 Å². The maximum atomic E-state index is 5.88. The predicted molar refractivity (Wildman–Crippen MR) is 53.8 cm³/mol. The Balaban J connectivity index is 1.82. The Morgan fingerprint density at radius 2 is 1.85 bits per heavy atom. The zero-order chi connectivity index (χ0) is 8.93. The summed E-state index contributed by atoms with van der Waals surface area (Å²) in [4.78, 5) is 0. The van der Waals surface area contributed by atoms with Gasteiger partial charge in [0.15, 0.2) is 0 Å². The van der Waals surface area contributed by atoms with Crippen LogP contribution in [0.25, 0.3) is 0 Å². The van der Waals surface area contributed by atoms with Crippen molar-refractivity contribution in [1.82, 2.24) is 5.32 Å². The Bertz CT molecular complexity index is 135. The van der Waals surface area contributed by atoms with Crippen molar-refractivity contribution >= 4 is 0 Å². The highest BCUT2D eigenvalue weighted by Gasteiger charge is 2.24. The van der Waals surface area contributed by atoms with Gasteiger partial charge < -0.3 is 10.1 Å². The smallest absolute Gasteiger partial charge is 0.0727 e. The van der Waals surface area contributed by atoms with Crippen molar-refractivity contribution in [3.8, 4) is 0 Å². The quantitative estimate of drug-likeness (QED) is 0.671. The Kier molecular flexibility index (Phi) is 3.62. The molecule has 0 amide bonds. The van der Waals surface area contributed by atoms with Crippen LogP contribution in [0.15, 0.2) is 0 Å². The van der Waals surface area contributed by atoms with E-state index >= 15 is 0 Å². The molecule has 2 fully saturated rings. The molecule has 2 heteroatoms. The van der Waals surface area contributed by atoms with Crippen LogP contribution >= 0.6 is 0 Å². The van der Waals surface area contributed by atoms with Gasteiger partial charge in [-0.1, -0.05) is 19.3 Å². The van der Waals surface area contributed by atoms with Crippen LogP contribution in [-0.2, 0) is 4.74 Å². The van der Waals surface area contributed by atoms with E-state index in [2.05, 4.69) is 5.32 Å². The van der Waals surface area contributed by atoms with E-state index in [0.717, 1.165) is 25.6 Å².